The summed E-state index contributed by atoms with van der Waals surface area (Å²) in [6.45, 7) is 1.47. The fourth-order valence-corrected chi connectivity index (χ4v) is 1.62. The minimum atomic E-state index is -0.652. The lowest BCUT2D eigenvalue weighted by molar-refractivity contribution is -0.138. The van der Waals surface area contributed by atoms with Crippen LogP contribution in [-0.4, -0.2) is 40.2 Å². The molecule has 1 N–H and O–H groups in total. The standard InChI is InChI=1S/C11H11N3O3/c1-7-10(16)13-9(15)6-14(7)11(17)8-3-2-4-12-5-8/h2-5,7H,6H2,1H3,(H,13,15,16). The first kappa shape index (κ1) is 11.3. The number of carbonyl (C=O) groups is 3. The van der Waals surface area contributed by atoms with Crippen LogP contribution in [0.25, 0.3) is 0 Å². The SMILES string of the molecule is CC1C(=O)NC(=O)CN1C(=O)c1cccnc1. The van der Waals surface area contributed by atoms with Gasteiger partial charge in [0.05, 0.1) is 5.56 Å². The van der Waals surface area contributed by atoms with Gasteiger partial charge in [-0.15, -0.1) is 0 Å². The molecule has 0 bridgehead atoms. The predicted molar refractivity (Wildman–Crippen MR) is 57.9 cm³/mol. The molecule has 1 unspecified atom stereocenters. The van der Waals surface area contributed by atoms with Crippen molar-refractivity contribution in [2.75, 3.05) is 6.54 Å². The summed E-state index contributed by atoms with van der Waals surface area (Å²) in [5, 5.41) is 2.18. The molecule has 0 aromatic carbocycles. The molecule has 0 saturated carbocycles. The van der Waals surface area contributed by atoms with Crippen molar-refractivity contribution < 1.29 is 14.4 Å². The van der Waals surface area contributed by atoms with Gasteiger partial charge in [0.15, 0.2) is 0 Å². The number of piperazine rings is 1. The maximum atomic E-state index is 12.1. The molecular formula is C11H11N3O3. The molecule has 6 nitrogen and oxygen atoms in total. The van der Waals surface area contributed by atoms with E-state index in [-0.39, 0.29) is 12.5 Å². The van der Waals surface area contributed by atoms with Crippen LogP contribution in [0, 0.1) is 0 Å². The van der Waals surface area contributed by atoms with Crippen molar-refractivity contribution in [3.05, 3.63) is 30.1 Å². The summed E-state index contributed by atoms with van der Waals surface area (Å²) in [6.07, 6.45) is 2.96. The molecule has 1 fully saturated rings. The lowest BCUT2D eigenvalue weighted by atomic mass is 10.1. The van der Waals surface area contributed by atoms with Crippen LogP contribution < -0.4 is 5.32 Å². The van der Waals surface area contributed by atoms with Gasteiger partial charge in [0.25, 0.3) is 5.91 Å². The Kier molecular flexibility index (Phi) is 2.86. The molecule has 17 heavy (non-hydrogen) atoms. The minimum absolute atomic E-state index is 0.110. The lowest BCUT2D eigenvalue weighted by Gasteiger charge is -2.31. The van der Waals surface area contributed by atoms with Crippen LogP contribution in [0.3, 0.4) is 0 Å². The summed E-state index contributed by atoms with van der Waals surface area (Å²) in [7, 11) is 0. The van der Waals surface area contributed by atoms with Gasteiger partial charge >= 0.3 is 0 Å². The Hall–Kier alpha value is -2.24. The number of rotatable bonds is 1. The molecule has 88 valence electrons. The van der Waals surface area contributed by atoms with Gasteiger partial charge in [-0.3, -0.25) is 24.7 Å². The summed E-state index contributed by atoms with van der Waals surface area (Å²) in [5.41, 5.74) is 0.363. The van der Waals surface area contributed by atoms with Crippen LogP contribution in [0.5, 0.6) is 0 Å². The average Bonchev–Trinajstić information content (AvgIpc) is 2.34. The number of pyridine rings is 1. The van der Waals surface area contributed by atoms with Crippen LogP contribution in [0.1, 0.15) is 17.3 Å². The number of nitrogens with one attached hydrogen (secondary N) is 1. The van der Waals surface area contributed by atoms with Gasteiger partial charge in [-0.25, -0.2) is 0 Å². The molecule has 1 aliphatic heterocycles. The number of aromatic nitrogens is 1. The van der Waals surface area contributed by atoms with E-state index < -0.39 is 17.9 Å². The first-order valence-corrected chi connectivity index (χ1v) is 5.14. The molecule has 0 spiro atoms. The zero-order valence-corrected chi connectivity index (χ0v) is 9.21. The van der Waals surface area contributed by atoms with E-state index >= 15 is 0 Å². The second-order valence-electron chi connectivity index (χ2n) is 3.76. The zero-order chi connectivity index (χ0) is 12.4. The monoisotopic (exact) mass is 233 g/mol. The number of hydrogen-bond acceptors (Lipinski definition) is 4. The van der Waals surface area contributed by atoms with Crippen LogP contribution in [-0.2, 0) is 9.59 Å². The van der Waals surface area contributed by atoms with E-state index in [0.717, 1.165) is 0 Å². The summed E-state index contributed by atoms with van der Waals surface area (Å²) in [5.74, 6) is -1.29. The minimum Gasteiger partial charge on any atom is -0.318 e. The van der Waals surface area contributed by atoms with Gasteiger partial charge < -0.3 is 4.90 Å². The molecule has 3 amide bonds. The molecule has 2 rings (SSSR count). The number of nitrogens with zero attached hydrogens (tertiary/aromatic N) is 2. The lowest BCUT2D eigenvalue weighted by Crippen LogP contribution is -2.58. The predicted octanol–water partition coefficient (Wildman–Crippen LogP) is -0.431. The number of imide groups is 1. The maximum absolute atomic E-state index is 12.1. The van der Waals surface area contributed by atoms with Gasteiger partial charge in [0.1, 0.15) is 12.6 Å². The normalized spacial score (nSPS) is 20.1. The third kappa shape index (κ3) is 2.15. The van der Waals surface area contributed by atoms with E-state index in [1.165, 1.54) is 11.1 Å². The second-order valence-corrected chi connectivity index (χ2v) is 3.76. The first-order chi connectivity index (χ1) is 8.09. The van der Waals surface area contributed by atoms with Gasteiger partial charge in [0.2, 0.25) is 11.8 Å². The highest BCUT2D eigenvalue weighted by Crippen LogP contribution is 2.10. The summed E-state index contributed by atoms with van der Waals surface area (Å²) < 4.78 is 0. The molecular weight excluding hydrogens is 222 g/mol. The number of hydrogen-bond donors (Lipinski definition) is 1. The van der Waals surface area contributed by atoms with Crippen molar-refractivity contribution in [1.29, 1.82) is 0 Å². The first-order valence-electron chi connectivity index (χ1n) is 5.14. The summed E-state index contributed by atoms with van der Waals surface area (Å²) >= 11 is 0. The fourth-order valence-electron chi connectivity index (χ4n) is 1.62. The van der Waals surface area contributed by atoms with Crippen molar-refractivity contribution in [2.45, 2.75) is 13.0 Å². The average molecular weight is 233 g/mol. The van der Waals surface area contributed by atoms with Crippen molar-refractivity contribution in [3.63, 3.8) is 0 Å². The Morgan fingerprint density at radius 1 is 1.53 bits per heavy atom. The Bertz CT molecular complexity index is 472. The topological polar surface area (TPSA) is 79.4 Å². The summed E-state index contributed by atoms with van der Waals surface area (Å²) in [6, 6.07) is 2.57. The van der Waals surface area contributed by atoms with Gasteiger partial charge in [-0.1, -0.05) is 0 Å². The van der Waals surface area contributed by atoms with E-state index in [4.69, 9.17) is 0 Å². The third-order valence-corrected chi connectivity index (χ3v) is 2.59. The van der Waals surface area contributed by atoms with Crippen LogP contribution in [0.2, 0.25) is 0 Å². The highest BCUT2D eigenvalue weighted by atomic mass is 16.2. The molecule has 1 aliphatic rings. The summed E-state index contributed by atoms with van der Waals surface area (Å²) in [4.78, 5) is 39.8. The Balaban J connectivity index is 2.24. The van der Waals surface area contributed by atoms with Gasteiger partial charge in [-0.2, -0.15) is 0 Å². The molecule has 0 aliphatic carbocycles. The largest absolute Gasteiger partial charge is 0.318 e. The Morgan fingerprint density at radius 2 is 2.29 bits per heavy atom. The molecule has 1 aromatic heterocycles. The van der Waals surface area contributed by atoms with E-state index in [2.05, 4.69) is 10.3 Å². The van der Waals surface area contributed by atoms with Crippen molar-refractivity contribution in [1.82, 2.24) is 15.2 Å². The molecule has 1 saturated heterocycles. The van der Waals surface area contributed by atoms with Gasteiger partial charge in [-0.05, 0) is 19.1 Å². The van der Waals surface area contributed by atoms with E-state index in [0.29, 0.717) is 5.56 Å². The molecule has 6 heteroatoms. The highest BCUT2D eigenvalue weighted by molar-refractivity contribution is 6.06. The maximum Gasteiger partial charge on any atom is 0.256 e. The van der Waals surface area contributed by atoms with Crippen molar-refractivity contribution >= 4 is 17.7 Å². The Morgan fingerprint density at radius 3 is 2.94 bits per heavy atom. The molecule has 2 heterocycles. The number of amides is 3. The van der Waals surface area contributed by atoms with E-state index in [9.17, 15) is 14.4 Å². The second kappa shape index (κ2) is 4.32. The van der Waals surface area contributed by atoms with Crippen LogP contribution >= 0.6 is 0 Å². The van der Waals surface area contributed by atoms with E-state index in [1.54, 1.807) is 25.3 Å². The third-order valence-electron chi connectivity index (χ3n) is 2.59. The van der Waals surface area contributed by atoms with Crippen molar-refractivity contribution in [3.8, 4) is 0 Å². The Labute approximate surface area is 97.6 Å². The highest BCUT2D eigenvalue weighted by Gasteiger charge is 2.33. The van der Waals surface area contributed by atoms with Crippen LogP contribution in [0.4, 0.5) is 0 Å². The number of carbonyl (C=O) groups excluding carboxylic acids is 3. The van der Waals surface area contributed by atoms with E-state index in [1.807, 2.05) is 0 Å². The van der Waals surface area contributed by atoms with Crippen molar-refractivity contribution in [2.24, 2.45) is 0 Å². The fraction of sp³-hybridized carbons (Fsp3) is 0.273. The zero-order valence-electron chi connectivity index (χ0n) is 9.21. The van der Waals surface area contributed by atoms with Crippen LogP contribution in [0.15, 0.2) is 24.5 Å². The molecule has 1 atom stereocenters. The smallest absolute Gasteiger partial charge is 0.256 e. The molecule has 0 radical (unpaired) electrons. The van der Waals surface area contributed by atoms with Gasteiger partial charge in [0, 0.05) is 12.4 Å². The quantitative estimate of drug-likeness (QED) is 0.667. The molecule has 1 aromatic rings.